The Balaban J connectivity index is 2.42. The Labute approximate surface area is 196 Å². The summed E-state index contributed by atoms with van der Waals surface area (Å²) in [5.74, 6) is -0.488. The molecular weight excluding hydrogens is 442 g/mol. The van der Waals surface area contributed by atoms with Crippen molar-refractivity contribution >= 4 is 27.5 Å². The quantitative estimate of drug-likeness (QED) is 0.570. The van der Waals surface area contributed by atoms with E-state index in [9.17, 15) is 18.0 Å². The number of methoxy groups -OCH3 is 1. The number of sulfonamides is 1. The Morgan fingerprint density at radius 3 is 2.18 bits per heavy atom. The molecule has 2 aromatic carbocycles. The third kappa shape index (κ3) is 7.21. The zero-order chi connectivity index (χ0) is 24.8. The molecule has 0 radical (unpaired) electrons. The lowest BCUT2D eigenvalue weighted by molar-refractivity contribution is -0.139. The van der Waals surface area contributed by atoms with E-state index in [-0.39, 0.29) is 24.2 Å². The molecule has 2 aromatic rings. The van der Waals surface area contributed by atoms with Gasteiger partial charge in [0, 0.05) is 12.6 Å². The van der Waals surface area contributed by atoms with Gasteiger partial charge in [0.05, 0.1) is 19.1 Å². The first-order chi connectivity index (χ1) is 15.4. The molecule has 0 spiro atoms. The van der Waals surface area contributed by atoms with E-state index in [0.29, 0.717) is 5.75 Å². The van der Waals surface area contributed by atoms with Crippen molar-refractivity contribution < 1.29 is 22.7 Å². The normalized spacial score (nSPS) is 12.2. The standard InChI is InChI=1S/C24H33N3O5S/c1-17(2)25-24(29)19(4)26(15-20-13-11-18(3)12-14-20)23(28)16-27(33(6,30)31)21-9-7-8-10-22(21)32-5/h7-14,17,19H,15-16H2,1-6H3,(H,25,29)/t19-/m0/s1. The predicted molar refractivity (Wildman–Crippen MR) is 130 cm³/mol. The summed E-state index contributed by atoms with van der Waals surface area (Å²) in [7, 11) is -2.38. The fraction of sp³-hybridized carbons (Fsp3) is 0.417. The summed E-state index contributed by atoms with van der Waals surface area (Å²) in [5.41, 5.74) is 2.16. The summed E-state index contributed by atoms with van der Waals surface area (Å²) in [6, 6.07) is 13.3. The second-order valence-electron chi connectivity index (χ2n) is 8.29. The van der Waals surface area contributed by atoms with Gasteiger partial charge in [0.25, 0.3) is 0 Å². The van der Waals surface area contributed by atoms with E-state index in [1.54, 1.807) is 31.2 Å². The third-order valence-electron chi connectivity index (χ3n) is 5.10. The zero-order valence-electron chi connectivity index (χ0n) is 20.0. The maximum atomic E-state index is 13.5. The van der Waals surface area contributed by atoms with Crippen LogP contribution in [0.3, 0.4) is 0 Å². The summed E-state index contributed by atoms with van der Waals surface area (Å²) in [4.78, 5) is 27.6. The molecule has 0 aromatic heterocycles. The van der Waals surface area contributed by atoms with Crippen LogP contribution in [-0.2, 0) is 26.2 Å². The first-order valence-electron chi connectivity index (χ1n) is 10.7. The molecule has 0 saturated heterocycles. The Morgan fingerprint density at radius 1 is 1.03 bits per heavy atom. The number of ether oxygens (including phenoxy) is 1. The Morgan fingerprint density at radius 2 is 1.64 bits per heavy atom. The number of para-hydroxylation sites is 2. The van der Waals surface area contributed by atoms with E-state index >= 15 is 0 Å². The number of aryl methyl sites for hydroxylation is 1. The van der Waals surface area contributed by atoms with Crippen molar-refractivity contribution in [3.05, 3.63) is 59.7 Å². The second-order valence-corrected chi connectivity index (χ2v) is 10.2. The highest BCUT2D eigenvalue weighted by atomic mass is 32.2. The van der Waals surface area contributed by atoms with Crippen molar-refractivity contribution in [3.8, 4) is 5.75 Å². The molecule has 9 heteroatoms. The highest BCUT2D eigenvalue weighted by molar-refractivity contribution is 7.92. The highest BCUT2D eigenvalue weighted by Crippen LogP contribution is 2.29. The van der Waals surface area contributed by atoms with Crippen LogP contribution in [0.1, 0.15) is 31.9 Å². The molecule has 0 fully saturated rings. The van der Waals surface area contributed by atoms with Crippen LogP contribution in [0.4, 0.5) is 5.69 Å². The van der Waals surface area contributed by atoms with E-state index in [1.807, 2.05) is 45.0 Å². The summed E-state index contributed by atoms with van der Waals surface area (Å²) >= 11 is 0. The van der Waals surface area contributed by atoms with Crippen molar-refractivity contribution in [2.24, 2.45) is 0 Å². The molecule has 0 bridgehead atoms. The number of anilines is 1. The number of nitrogens with zero attached hydrogens (tertiary/aromatic N) is 2. The zero-order valence-corrected chi connectivity index (χ0v) is 20.8. The van der Waals surface area contributed by atoms with E-state index in [1.165, 1.54) is 12.0 Å². The van der Waals surface area contributed by atoms with Gasteiger partial charge in [-0.3, -0.25) is 13.9 Å². The molecule has 0 heterocycles. The number of hydrogen-bond acceptors (Lipinski definition) is 5. The maximum absolute atomic E-state index is 13.5. The smallest absolute Gasteiger partial charge is 0.244 e. The molecule has 0 unspecified atom stereocenters. The first kappa shape index (κ1) is 26.2. The summed E-state index contributed by atoms with van der Waals surface area (Å²) in [5, 5.41) is 2.82. The summed E-state index contributed by atoms with van der Waals surface area (Å²) in [6.07, 6.45) is 1.03. The molecule has 0 aliphatic carbocycles. The minimum atomic E-state index is -3.82. The van der Waals surface area contributed by atoms with Crippen LogP contribution >= 0.6 is 0 Å². The van der Waals surface area contributed by atoms with Crippen LogP contribution < -0.4 is 14.4 Å². The van der Waals surface area contributed by atoms with Gasteiger partial charge in [-0.25, -0.2) is 8.42 Å². The molecule has 0 saturated carbocycles. The lowest BCUT2D eigenvalue weighted by Crippen LogP contribution is -2.52. The van der Waals surface area contributed by atoms with Crippen LogP contribution in [-0.4, -0.2) is 57.1 Å². The number of hydrogen-bond donors (Lipinski definition) is 1. The van der Waals surface area contributed by atoms with Crippen LogP contribution in [0.25, 0.3) is 0 Å². The van der Waals surface area contributed by atoms with Crippen LogP contribution in [0.5, 0.6) is 5.75 Å². The Hall–Kier alpha value is -3.07. The average Bonchev–Trinajstić information content (AvgIpc) is 2.75. The molecular formula is C24H33N3O5S. The van der Waals surface area contributed by atoms with Crippen molar-refractivity contribution in [2.45, 2.75) is 46.3 Å². The van der Waals surface area contributed by atoms with Gasteiger partial charge in [0.2, 0.25) is 21.8 Å². The van der Waals surface area contributed by atoms with E-state index in [2.05, 4.69) is 5.32 Å². The van der Waals surface area contributed by atoms with Gasteiger partial charge in [-0.2, -0.15) is 0 Å². The molecule has 0 aliphatic rings. The fourth-order valence-electron chi connectivity index (χ4n) is 3.31. The lowest BCUT2D eigenvalue weighted by Gasteiger charge is -2.32. The minimum Gasteiger partial charge on any atom is -0.495 e. The van der Waals surface area contributed by atoms with Crippen LogP contribution in [0.2, 0.25) is 0 Å². The highest BCUT2D eigenvalue weighted by Gasteiger charge is 2.31. The van der Waals surface area contributed by atoms with E-state index in [0.717, 1.165) is 21.7 Å². The Bertz CT molecular complexity index is 1070. The number of amides is 2. The second kappa shape index (κ2) is 11.2. The first-order valence-corrected chi connectivity index (χ1v) is 12.5. The number of nitrogens with one attached hydrogen (secondary N) is 1. The molecule has 2 rings (SSSR count). The third-order valence-corrected chi connectivity index (χ3v) is 6.23. The van der Waals surface area contributed by atoms with Gasteiger partial charge in [-0.15, -0.1) is 0 Å². The van der Waals surface area contributed by atoms with Gasteiger partial charge in [0.15, 0.2) is 0 Å². The van der Waals surface area contributed by atoms with E-state index in [4.69, 9.17) is 4.74 Å². The fourth-order valence-corrected chi connectivity index (χ4v) is 4.16. The van der Waals surface area contributed by atoms with Crippen LogP contribution in [0, 0.1) is 6.92 Å². The van der Waals surface area contributed by atoms with Crippen molar-refractivity contribution in [2.75, 3.05) is 24.2 Å². The van der Waals surface area contributed by atoms with Crippen molar-refractivity contribution in [1.29, 1.82) is 0 Å². The molecule has 1 atom stereocenters. The largest absolute Gasteiger partial charge is 0.495 e. The predicted octanol–water partition coefficient (Wildman–Crippen LogP) is 2.71. The van der Waals surface area contributed by atoms with Crippen LogP contribution in [0.15, 0.2) is 48.5 Å². The summed E-state index contributed by atoms with van der Waals surface area (Å²) < 4.78 is 31.6. The lowest BCUT2D eigenvalue weighted by atomic mass is 10.1. The number of benzene rings is 2. The maximum Gasteiger partial charge on any atom is 0.244 e. The Kier molecular flexibility index (Phi) is 8.87. The molecule has 33 heavy (non-hydrogen) atoms. The molecule has 8 nitrogen and oxygen atoms in total. The number of carbonyl (C=O) groups excluding carboxylic acids is 2. The minimum absolute atomic E-state index is 0.0997. The molecule has 2 amide bonds. The monoisotopic (exact) mass is 475 g/mol. The van der Waals surface area contributed by atoms with Crippen molar-refractivity contribution in [1.82, 2.24) is 10.2 Å². The summed E-state index contributed by atoms with van der Waals surface area (Å²) in [6.45, 7) is 6.97. The average molecular weight is 476 g/mol. The van der Waals surface area contributed by atoms with Crippen molar-refractivity contribution in [3.63, 3.8) is 0 Å². The molecule has 1 N–H and O–H groups in total. The van der Waals surface area contributed by atoms with Gasteiger partial charge < -0.3 is 15.0 Å². The van der Waals surface area contributed by atoms with Gasteiger partial charge in [0.1, 0.15) is 18.3 Å². The molecule has 180 valence electrons. The number of carbonyl (C=O) groups is 2. The van der Waals surface area contributed by atoms with Gasteiger partial charge in [-0.1, -0.05) is 42.0 Å². The van der Waals surface area contributed by atoms with E-state index < -0.39 is 28.5 Å². The SMILES string of the molecule is COc1ccccc1N(CC(=O)N(Cc1ccc(C)cc1)[C@@H](C)C(=O)NC(C)C)S(C)(=O)=O. The topological polar surface area (TPSA) is 96.0 Å². The van der Waals surface area contributed by atoms with Gasteiger partial charge in [-0.05, 0) is 45.4 Å². The molecule has 0 aliphatic heterocycles. The van der Waals surface area contributed by atoms with Gasteiger partial charge >= 0.3 is 0 Å². The number of rotatable bonds is 10.